The van der Waals surface area contributed by atoms with Crippen molar-refractivity contribution in [2.75, 3.05) is 14.2 Å². The van der Waals surface area contributed by atoms with Crippen LogP contribution >= 0.6 is 0 Å². The molecule has 4 rings (SSSR count). The smallest absolute Gasteiger partial charge is 0.323 e. The number of rotatable bonds is 3. The maximum atomic E-state index is 12.2. The lowest BCUT2D eigenvalue weighted by Gasteiger charge is -2.30. The zero-order valence-electron chi connectivity index (χ0n) is 14.2. The van der Waals surface area contributed by atoms with Gasteiger partial charge in [-0.3, -0.25) is 10.1 Å². The first kappa shape index (κ1) is 15.7. The Morgan fingerprint density at radius 2 is 1.92 bits per heavy atom. The monoisotopic (exact) mass is 336 g/mol. The largest absolute Gasteiger partial charge is 0.497 e. The van der Waals surface area contributed by atoms with E-state index in [0.717, 1.165) is 33.5 Å². The van der Waals surface area contributed by atoms with E-state index in [1.807, 2.05) is 36.4 Å². The number of aromatic amines is 1. The molecule has 128 valence electrons. The molecule has 1 aliphatic rings. The lowest BCUT2D eigenvalue weighted by Crippen LogP contribution is -2.45. The number of hydrogen-bond donors (Lipinski definition) is 2. The highest BCUT2D eigenvalue weighted by Crippen LogP contribution is 2.36. The predicted octanol–water partition coefficient (Wildman–Crippen LogP) is 2.95. The van der Waals surface area contributed by atoms with E-state index in [1.165, 1.54) is 7.11 Å². The summed E-state index contributed by atoms with van der Waals surface area (Å²) in [7, 11) is 3.08. The Kier molecular flexibility index (Phi) is 3.93. The molecule has 0 saturated heterocycles. The quantitative estimate of drug-likeness (QED) is 0.722. The van der Waals surface area contributed by atoms with Gasteiger partial charge in [0.05, 0.1) is 20.3 Å². The molecule has 2 heterocycles. The fourth-order valence-electron chi connectivity index (χ4n) is 3.59. The van der Waals surface area contributed by atoms with Crippen LogP contribution < -0.4 is 10.1 Å². The summed E-state index contributed by atoms with van der Waals surface area (Å²) in [6.45, 7) is 0. The Morgan fingerprint density at radius 1 is 1.12 bits per heavy atom. The second kappa shape index (κ2) is 6.26. The van der Waals surface area contributed by atoms with Gasteiger partial charge >= 0.3 is 5.97 Å². The van der Waals surface area contributed by atoms with Gasteiger partial charge in [-0.05, 0) is 29.3 Å². The number of aromatic nitrogens is 1. The van der Waals surface area contributed by atoms with Crippen LogP contribution in [0.2, 0.25) is 0 Å². The van der Waals surface area contributed by atoms with E-state index in [1.54, 1.807) is 7.11 Å². The molecular formula is C20H20N2O3. The van der Waals surface area contributed by atoms with Crippen molar-refractivity contribution in [2.24, 2.45) is 0 Å². The van der Waals surface area contributed by atoms with Gasteiger partial charge in [0.15, 0.2) is 0 Å². The topological polar surface area (TPSA) is 63.4 Å². The summed E-state index contributed by atoms with van der Waals surface area (Å²) in [5.41, 5.74) is 4.38. The van der Waals surface area contributed by atoms with E-state index in [9.17, 15) is 4.79 Å². The second-order valence-electron chi connectivity index (χ2n) is 6.22. The van der Waals surface area contributed by atoms with Crippen molar-refractivity contribution in [3.8, 4) is 5.75 Å². The fourth-order valence-corrected chi connectivity index (χ4v) is 3.59. The molecule has 2 N–H and O–H groups in total. The second-order valence-corrected chi connectivity index (χ2v) is 6.22. The van der Waals surface area contributed by atoms with Crippen LogP contribution in [0.25, 0.3) is 10.9 Å². The number of esters is 1. The molecule has 0 aliphatic carbocycles. The van der Waals surface area contributed by atoms with E-state index < -0.39 is 0 Å². The first-order valence-corrected chi connectivity index (χ1v) is 8.28. The summed E-state index contributed by atoms with van der Waals surface area (Å²) in [6, 6.07) is 15.6. The number of H-pyrrole nitrogens is 1. The molecule has 0 saturated carbocycles. The third kappa shape index (κ3) is 2.66. The van der Waals surface area contributed by atoms with E-state index in [2.05, 4.69) is 22.4 Å². The van der Waals surface area contributed by atoms with Crippen LogP contribution in [-0.4, -0.2) is 31.2 Å². The Labute approximate surface area is 146 Å². The highest BCUT2D eigenvalue weighted by molar-refractivity contribution is 5.88. The summed E-state index contributed by atoms with van der Waals surface area (Å²) in [6.07, 6.45) is 0.582. The molecule has 2 aromatic carbocycles. The standard InChI is InChI=1S/C20H20N2O3/c1-24-13-8-9-16-14(10-13)15-11-17(20(23)25-2)22-18(19(15)21-16)12-6-4-3-5-7-12/h3-10,17-18,21-22H,11H2,1-2H3. The van der Waals surface area contributed by atoms with Crippen molar-refractivity contribution in [1.29, 1.82) is 0 Å². The third-order valence-electron chi connectivity index (χ3n) is 4.83. The molecule has 5 heteroatoms. The van der Waals surface area contributed by atoms with Gasteiger partial charge < -0.3 is 14.5 Å². The van der Waals surface area contributed by atoms with Gasteiger partial charge in [-0.1, -0.05) is 30.3 Å². The Bertz CT molecular complexity index is 917. The van der Waals surface area contributed by atoms with Crippen LogP contribution in [0.1, 0.15) is 22.9 Å². The van der Waals surface area contributed by atoms with Crippen molar-refractivity contribution in [3.05, 3.63) is 65.4 Å². The van der Waals surface area contributed by atoms with Gasteiger partial charge in [0.25, 0.3) is 0 Å². The Morgan fingerprint density at radius 3 is 2.64 bits per heavy atom. The van der Waals surface area contributed by atoms with Crippen molar-refractivity contribution in [1.82, 2.24) is 10.3 Å². The lowest BCUT2D eigenvalue weighted by atomic mass is 9.90. The van der Waals surface area contributed by atoms with E-state index >= 15 is 0 Å². The number of benzene rings is 2. The highest BCUT2D eigenvalue weighted by Gasteiger charge is 2.34. The minimum Gasteiger partial charge on any atom is -0.497 e. The van der Waals surface area contributed by atoms with Crippen molar-refractivity contribution < 1.29 is 14.3 Å². The molecule has 0 fully saturated rings. The van der Waals surface area contributed by atoms with Crippen LogP contribution in [0.3, 0.4) is 0 Å². The summed E-state index contributed by atoms with van der Waals surface area (Å²) in [4.78, 5) is 15.7. The van der Waals surface area contributed by atoms with Crippen LogP contribution in [0.5, 0.6) is 5.75 Å². The average Bonchev–Trinajstić information content (AvgIpc) is 3.05. The summed E-state index contributed by atoms with van der Waals surface area (Å²) >= 11 is 0. The van der Waals surface area contributed by atoms with Crippen LogP contribution in [0.15, 0.2) is 48.5 Å². The van der Waals surface area contributed by atoms with E-state index in [0.29, 0.717) is 6.42 Å². The molecular weight excluding hydrogens is 316 g/mol. The summed E-state index contributed by atoms with van der Waals surface area (Å²) in [5.74, 6) is 0.558. The molecule has 2 atom stereocenters. The maximum absolute atomic E-state index is 12.2. The lowest BCUT2D eigenvalue weighted by molar-refractivity contribution is -0.143. The number of carbonyl (C=O) groups is 1. The SMILES string of the molecule is COC(=O)C1Cc2c([nH]c3ccc(OC)cc23)C(c2ccccc2)N1. The van der Waals surface area contributed by atoms with Gasteiger partial charge in [-0.25, -0.2) is 0 Å². The number of fused-ring (bicyclic) bond motifs is 3. The number of ether oxygens (including phenoxy) is 2. The number of hydrogen-bond acceptors (Lipinski definition) is 4. The Balaban J connectivity index is 1.88. The Hall–Kier alpha value is -2.79. The third-order valence-corrected chi connectivity index (χ3v) is 4.83. The minimum atomic E-state index is -0.382. The first-order chi connectivity index (χ1) is 12.2. The molecule has 5 nitrogen and oxygen atoms in total. The van der Waals surface area contributed by atoms with Crippen LogP contribution in [-0.2, 0) is 16.0 Å². The zero-order chi connectivity index (χ0) is 17.4. The minimum absolute atomic E-state index is 0.0903. The predicted molar refractivity (Wildman–Crippen MR) is 95.8 cm³/mol. The summed E-state index contributed by atoms with van der Waals surface area (Å²) in [5, 5.41) is 4.52. The number of methoxy groups -OCH3 is 2. The fraction of sp³-hybridized carbons (Fsp3) is 0.250. The summed E-state index contributed by atoms with van der Waals surface area (Å²) < 4.78 is 10.4. The molecule has 0 spiro atoms. The zero-order valence-corrected chi connectivity index (χ0v) is 14.2. The average molecular weight is 336 g/mol. The van der Waals surface area contributed by atoms with Crippen LogP contribution in [0, 0.1) is 0 Å². The normalized spacial score (nSPS) is 19.4. The molecule has 25 heavy (non-hydrogen) atoms. The van der Waals surface area contributed by atoms with Gasteiger partial charge in [0, 0.05) is 23.0 Å². The molecule has 3 aromatic rings. The maximum Gasteiger partial charge on any atom is 0.323 e. The molecule has 1 aliphatic heterocycles. The number of carbonyl (C=O) groups excluding carboxylic acids is 1. The van der Waals surface area contributed by atoms with Crippen LogP contribution in [0.4, 0.5) is 0 Å². The van der Waals surface area contributed by atoms with Gasteiger partial charge in [-0.15, -0.1) is 0 Å². The molecule has 2 unspecified atom stereocenters. The van der Waals surface area contributed by atoms with Gasteiger partial charge in [0.1, 0.15) is 11.8 Å². The van der Waals surface area contributed by atoms with Crippen molar-refractivity contribution in [3.63, 3.8) is 0 Å². The van der Waals surface area contributed by atoms with Crippen molar-refractivity contribution in [2.45, 2.75) is 18.5 Å². The van der Waals surface area contributed by atoms with Crippen molar-refractivity contribution >= 4 is 16.9 Å². The molecule has 0 bridgehead atoms. The molecule has 0 radical (unpaired) electrons. The highest BCUT2D eigenvalue weighted by atomic mass is 16.5. The molecule has 0 amide bonds. The van der Waals surface area contributed by atoms with E-state index in [4.69, 9.17) is 9.47 Å². The number of nitrogens with one attached hydrogen (secondary N) is 2. The first-order valence-electron chi connectivity index (χ1n) is 8.28. The van der Waals surface area contributed by atoms with Gasteiger partial charge in [0.2, 0.25) is 0 Å². The molecule has 1 aromatic heterocycles. The van der Waals surface area contributed by atoms with Gasteiger partial charge in [-0.2, -0.15) is 0 Å². The van der Waals surface area contributed by atoms with E-state index in [-0.39, 0.29) is 18.1 Å².